The molecule has 0 aliphatic carbocycles. The second kappa shape index (κ2) is 11.1. The van der Waals surface area contributed by atoms with E-state index in [1.165, 1.54) is 5.56 Å². The molecule has 1 heterocycles. The number of hydrogen-bond donors (Lipinski definition) is 1. The lowest BCUT2D eigenvalue weighted by molar-refractivity contribution is -0.137. The van der Waals surface area contributed by atoms with E-state index in [1.54, 1.807) is 4.90 Å². The second-order valence-electron chi connectivity index (χ2n) is 9.29. The van der Waals surface area contributed by atoms with Crippen LogP contribution < -0.4 is 5.32 Å². The number of likely N-dealkylation sites (N-methyl/N-ethyl adjacent to an activating group) is 1. The van der Waals surface area contributed by atoms with Gasteiger partial charge in [-0.15, -0.1) is 0 Å². The number of hydrogen-bond acceptors (Lipinski definition) is 4. The van der Waals surface area contributed by atoms with Crippen LogP contribution in [0, 0.1) is 19.8 Å². The number of carbonyl (C=O) groups is 2. The zero-order chi connectivity index (χ0) is 24.8. The number of carbonyl (C=O) groups excluding carboxylic acids is 2. The number of aromatic nitrogens is 2. The van der Waals surface area contributed by atoms with Gasteiger partial charge in [-0.2, -0.15) is 0 Å². The van der Waals surface area contributed by atoms with Gasteiger partial charge in [0.05, 0.1) is 12.2 Å². The first-order valence-corrected chi connectivity index (χ1v) is 11.6. The van der Waals surface area contributed by atoms with E-state index >= 15 is 0 Å². The minimum absolute atomic E-state index is 0.0223. The smallest absolute Gasteiger partial charge is 0.246 e. The molecule has 0 atom stereocenters. The summed E-state index contributed by atoms with van der Waals surface area (Å²) in [5.41, 5.74) is 4.95. The summed E-state index contributed by atoms with van der Waals surface area (Å²) in [6.07, 6.45) is 1.92. The quantitative estimate of drug-likeness (QED) is 0.520. The molecule has 0 aliphatic rings. The van der Waals surface area contributed by atoms with Crippen LogP contribution in [0.4, 0.5) is 5.95 Å². The average Bonchev–Trinajstić information content (AvgIpc) is 3.20. The first kappa shape index (κ1) is 25.2. The Morgan fingerprint density at radius 1 is 0.941 bits per heavy atom. The number of imidazole rings is 1. The summed E-state index contributed by atoms with van der Waals surface area (Å²) in [7, 11) is 3.90. The van der Waals surface area contributed by atoms with Crippen LogP contribution in [0.3, 0.4) is 0 Å². The first-order chi connectivity index (χ1) is 16.1. The first-order valence-electron chi connectivity index (χ1n) is 11.6. The third kappa shape index (κ3) is 6.54. The van der Waals surface area contributed by atoms with Crippen LogP contribution >= 0.6 is 0 Å². The zero-order valence-electron chi connectivity index (χ0n) is 21.0. The molecule has 1 N–H and O–H groups in total. The second-order valence-corrected chi connectivity index (χ2v) is 9.29. The van der Waals surface area contributed by atoms with Gasteiger partial charge in [-0.05, 0) is 40.1 Å². The van der Waals surface area contributed by atoms with Gasteiger partial charge in [0.1, 0.15) is 0 Å². The minimum Gasteiger partial charge on any atom is -0.332 e. The molecule has 0 unspecified atom stereocenters. The van der Waals surface area contributed by atoms with Crippen LogP contribution in [-0.4, -0.2) is 64.9 Å². The van der Waals surface area contributed by atoms with Gasteiger partial charge in [0.2, 0.25) is 17.8 Å². The lowest BCUT2D eigenvalue weighted by atomic mass is 10.1. The van der Waals surface area contributed by atoms with E-state index in [0.29, 0.717) is 19.0 Å². The van der Waals surface area contributed by atoms with Gasteiger partial charge in [-0.1, -0.05) is 61.4 Å². The summed E-state index contributed by atoms with van der Waals surface area (Å²) >= 11 is 0. The van der Waals surface area contributed by atoms with E-state index in [9.17, 15) is 9.59 Å². The highest BCUT2D eigenvalue weighted by Gasteiger charge is 2.21. The van der Waals surface area contributed by atoms with Crippen molar-refractivity contribution in [2.75, 3.05) is 39.0 Å². The van der Waals surface area contributed by atoms with E-state index in [4.69, 9.17) is 4.98 Å². The summed E-state index contributed by atoms with van der Waals surface area (Å²) in [6, 6.07) is 16.2. The maximum atomic E-state index is 13.1. The summed E-state index contributed by atoms with van der Waals surface area (Å²) < 4.78 is 1.88. The topological polar surface area (TPSA) is 70.5 Å². The molecule has 7 nitrogen and oxygen atoms in total. The third-order valence-electron chi connectivity index (χ3n) is 5.57. The highest BCUT2D eigenvalue weighted by atomic mass is 16.2. The fraction of sp³-hybridized carbons (Fsp3) is 0.370. The van der Waals surface area contributed by atoms with Crippen LogP contribution in [0.2, 0.25) is 0 Å². The van der Waals surface area contributed by atoms with Gasteiger partial charge in [0.25, 0.3) is 0 Å². The van der Waals surface area contributed by atoms with Gasteiger partial charge < -0.3 is 9.80 Å². The van der Waals surface area contributed by atoms with E-state index in [-0.39, 0.29) is 24.3 Å². The SMILES string of the molecule is Cc1ccc(-c2cn(-c3ccc(C)cc3)c(NC(=O)CN(CCN(C)C)C(=O)C(C)C)n2)cc1. The van der Waals surface area contributed by atoms with Crippen molar-refractivity contribution in [3.05, 3.63) is 65.9 Å². The fourth-order valence-electron chi connectivity index (χ4n) is 3.52. The summed E-state index contributed by atoms with van der Waals surface area (Å²) in [4.78, 5) is 34.1. The van der Waals surface area contributed by atoms with E-state index < -0.39 is 0 Å². The van der Waals surface area contributed by atoms with Crippen LogP contribution in [0.5, 0.6) is 0 Å². The number of benzene rings is 2. The molecular formula is C27H35N5O2. The predicted molar refractivity (Wildman–Crippen MR) is 137 cm³/mol. The molecule has 3 rings (SSSR count). The van der Waals surface area contributed by atoms with E-state index in [2.05, 4.69) is 5.32 Å². The molecule has 0 spiro atoms. The fourth-order valence-corrected chi connectivity index (χ4v) is 3.52. The van der Waals surface area contributed by atoms with Crippen molar-refractivity contribution in [1.29, 1.82) is 0 Å². The Balaban J connectivity index is 1.88. The highest BCUT2D eigenvalue weighted by Crippen LogP contribution is 2.25. The molecule has 0 saturated heterocycles. The number of nitrogens with one attached hydrogen (secondary N) is 1. The molecule has 0 aliphatic heterocycles. The van der Waals surface area contributed by atoms with Crippen LogP contribution in [0.25, 0.3) is 16.9 Å². The maximum Gasteiger partial charge on any atom is 0.246 e. The van der Waals surface area contributed by atoms with E-state index in [0.717, 1.165) is 22.5 Å². The van der Waals surface area contributed by atoms with Crippen molar-refractivity contribution in [2.24, 2.45) is 5.92 Å². The number of rotatable bonds is 9. The van der Waals surface area contributed by atoms with Crippen molar-refractivity contribution in [3.8, 4) is 16.9 Å². The van der Waals surface area contributed by atoms with Crippen molar-refractivity contribution in [3.63, 3.8) is 0 Å². The summed E-state index contributed by atoms with van der Waals surface area (Å²) in [6.45, 7) is 8.92. The van der Waals surface area contributed by atoms with Gasteiger partial charge in [-0.3, -0.25) is 19.5 Å². The predicted octanol–water partition coefficient (Wildman–Crippen LogP) is 4.14. The largest absolute Gasteiger partial charge is 0.332 e. The normalized spacial score (nSPS) is 11.2. The molecule has 2 amide bonds. The van der Waals surface area contributed by atoms with Gasteiger partial charge in [0.15, 0.2) is 0 Å². The van der Waals surface area contributed by atoms with Crippen molar-refractivity contribution in [1.82, 2.24) is 19.4 Å². The Hall–Kier alpha value is -3.45. The molecule has 0 fully saturated rings. The molecule has 3 aromatic rings. The summed E-state index contributed by atoms with van der Waals surface area (Å²) in [5, 5.41) is 2.94. The third-order valence-corrected chi connectivity index (χ3v) is 5.57. The molecule has 34 heavy (non-hydrogen) atoms. The van der Waals surface area contributed by atoms with Crippen molar-refractivity contribution < 1.29 is 9.59 Å². The van der Waals surface area contributed by atoms with E-state index in [1.807, 2.05) is 106 Å². The number of nitrogens with zero attached hydrogens (tertiary/aromatic N) is 4. The molecule has 1 aromatic heterocycles. The summed E-state index contributed by atoms with van der Waals surface area (Å²) in [5.74, 6) is -0.0759. The Morgan fingerprint density at radius 2 is 1.53 bits per heavy atom. The van der Waals surface area contributed by atoms with Crippen molar-refractivity contribution >= 4 is 17.8 Å². The number of anilines is 1. The monoisotopic (exact) mass is 461 g/mol. The molecule has 7 heteroatoms. The molecular weight excluding hydrogens is 426 g/mol. The van der Waals surface area contributed by atoms with Crippen LogP contribution in [0.1, 0.15) is 25.0 Å². The minimum atomic E-state index is -0.276. The average molecular weight is 462 g/mol. The highest BCUT2D eigenvalue weighted by molar-refractivity contribution is 5.94. The zero-order valence-corrected chi connectivity index (χ0v) is 21.0. The van der Waals surface area contributed by atoms with Crippen molar-refractivity contribution in [2.45, 2.75) is 27.7 Å². The lowest BCUT2D eigenvalue weighted by Gasteiger charge is -2.25. The van der Waals surface area contributed by atoms with Gasteiger partial charge >= 0.3 is 0 Å². The lowest BCUT2D eigenvalue weighted by Crippen LogP contribution is -2.43. The Labute approximate surface area is 202 Å². The molecule has 180 valence electrons. The maximum absolute atomic E-state index is 13.1. The molecule has 0 bridgehead atoms. The molecule has 0 saturated carbocycles. The number of aryl methyl sites for hydroxylation is 2. The van der Waals surface area contributed by atoms with Gasteiger partial charge in [-0.25, -0.2) is 4.98 Å². The molecule has 2 aromatic carbocycles. The molecule has 0 radical (unpaired) electrons. The Kier molecular flexibility index (Phi) is 8.23. The standard InChI is InChI=1S/C27H35N5O2/c1-19(2)26(34)31(16-15-30(5)6)18-25(33)29-27-28-24(22-11-7-20(3)8-12-22)17-32(27)23-13-9-21(4)10-14-23/h7-14,17,19H,15-16,18H2,1-6H3,(H,28,29,33). The van der Waals surface area contributed by atoms with Crippen LogP contribution in [0.15, 0.2) is 54.7 Å². The number of amides is 2. The van der Waals surface area contributed by atoms with Gasteiger partial charge in [0, 0.05) is 36.5 Å². The van der Waals surface area contributed by atoms with Crippen LogP contribution in [-0.2, 0) is 9.59 Å². The Bertz CT molecular complexity index is 1110. The Morgan fingerprint density at radius 3 is 2.09 bits per heavy atom.